The Kier molecular flexibility index (Phi) is 3.19. The Balaban J connectivity index is 2.30. The molecule has 1 aliphatic heterocycles. The van der Waals surface area contributed by atoms with Gasteiger partial charge in [-0.25, -0.2) is 4.79 Å². The van der Waals surface area contributed by atoms with Crippen molar-refractivity contribution in [3.63, 3.8) is 0 Å². The van der Waals surface area contributed by atoms with Gasteiger partial charge in [-0.2, -0.15) is 0 Å². The van der Waals surface area contributed by atoms with Crippen LogP contribution in [0.5, 0.6) is 5.75 Å². The lowest BCUT2D eigenvalue weighted by Crippen LogP contribution is -2.36. The van der Waals surface area contributed by atoms with Crippen molar-refractivity contribution < 1.29 is 19.1 Å². The molecule has 0 N–H and O–H groups in total. The minimum Gasteiger partial charge on any atom is -0.491 e. The molecule has 0 saturated heterocycles. The summed E-state index contributed by atoms with van der Waals surface area (Å²) in [6.07, 6.45) is 2.80. The third kappa shape index (κ3) is 2.14. The molecule has 0 bridgehead atoms. The van der Waals surface area contributed by atoms with E-state index in [-0.39, 0.29) is 12.4 Å². The smallest absolute Gasteiger partial charge is 0.330 e. The summed E-state index contributed by atoms with van der Waals surface area (Å²) in [5.74, 6) is 0.0545. The molecule has 94 valence electrons. The maximum atomic E-state index is 12.4. The topological polar surface area (TPSA) is 52.6 Å². The normalized spacial score (nSPS) is 22.4. The summed E-state index contributed by atoms with van der Waals surface area (Å²) in [4.78, 5) is 23.4. The van der Waals surface area contributed by atoms with Gasteiger partial charge in [-0.1, -0.05) is 18.2 Å². The minimum atomic E-state index is -0.831. The summed E-state index contributed by atoms with van der Waals surface area (Å²) in [6.45, 7) is 1.96. The number of hydrogen-bond acceptors (Lipinski definition) is 4. The van der Waals surface area contributed by atoms with Gasteiger partial charge in [0, 0.05) is 6.08 Å². The van der Waals surface area contributed by atoms with Gasteiger partial charge >= 0.3 is 5.97 Å². The molecule has 0 fully saturated rings. The molecule has 1 heterocycles. The first kappa shape index (κ1) is 12.4. The van der Waals surface area contributed by atoms with Crippen LogP contribution in [-0.4, -0.2) is 25.5 Å². The Morgan fingerprint density at radius 3 is 2.89 bits per heavy atom. The second-order valence-electron chi connectivity index (χ2n) is 4.39. The fourth-order valence-electron chi connectivity index (χ4n) is 1.82. The van der Waals surface area contributed by atoms with Crippen molar-refractivity contribution in [1.29, 1.82) is 0 Å². The van der Waals surface area contributed by atoms with Crippen LogP contribution in [0, 0.1) is 5.41 Å². The number of carbonyl (C=O) groups is 2. The molecule has 1 unspecified atom stereocenters. The van der Waals surface area contributed by atoms with Crippen LogP contribution >= 0.6 is 0 Å². The van der Waals surface area contributed by atoms with Gasteiger partial charge in [-0.15, -0.1) is 0 Å². The number of ketones is 1. The van der Waals surface area contributed by atoms with Gasteiger partial charge in [0.2, 0.25) is 0 Å². The molecule has 0 saturated carbocycles. The van der Waals surface area contributed by atoms with Gasteiger partial charge < -0.3 is 9.47 Å². The molecular weight excluding hydrogens is 232 g/mol. The molecule has 0 spiro atoms. The lowest BCUT2D eigenvalue weighted by atomic mass is 9.80. The highest BCUT2D eigenvalue weighted by molar-refractivity contribution is 6.05. The molecule has 1 aliphatic rings. The van der Waals surface area contributed by atoms with Crippen molar-refractivity contribution in [2.24, 2.45) is 5.41 Å². The van der Waals surface area contributed by atoms with Crippen LogP contribution in [0.15, 0.2) is 36.4 Å². The largest absolute Gasteiger partial charge is 0.491 e. The van der Waals surface area contributed by atoms with Gasteiger partial charge in [0.05, 0.1) is 18.1 Å². The Labute approximate surface area is 105 Å². The zero-order valence-electron chi connectivity index (χ0n) is 10.3. The highest BCUT2D eigenvalue weighted by Gasteiger charge is 2.37. The lowest BCUT2D eigenvalue weighted by molar-refractivity contribution is -0.134. The number of rotatable bonds is 2. The average Bonchev–Trinajstić information content (AvgIpc) is 2.41. The number of methoxy groups -OCH3 is 1. The van der Waals surface area contributed by atoms with Crippen LogP contribution in [0.3, 0.4) is 0 Å². The standard InChI is InChI=1S/C14H14O4/c1-14(8-7-12(15)17-2)9-18-11-6-4-3-5-10(11)13(14)16/h3-8H,9H2,1-2H3/b8-7+. The number of para-hydroxylation sites is 1. The van der Waals surface area contributed by atoms with E-state index in [1.165, 1.54) is 19.3 Å². The van der Waals surface area contributed by atoms with Gasteiger partial charge in [0.1, 0.15) is 12.4 Å². The van der Waals surface area contributed by atoms with E-state index in [0.717, 1.165) is 0 Å². The Bertz CT molecular complexity index is 518. The molecule has 2 rings (SSSR count). The predicted molar refractivity (Wildman–Crippen MR) is 65.5 cm³/mol. The molecule has 0 amide bonds. The number of hydrogen-bond donors (Lipinski definition) is 0. The quantitative estimate of drug-likeness (QED) is 0.591. The highest BCUT2D eigenvalue weighted by atomic mass is 16.5. The summed E-state index contributed by atoms with van der Waals surface area (Å²) in [5.41, 5.74) is -0.288. The molecule has 1 aromatic carbocycles. The van der Waals surface area contributed by atoms with E-state index in [2.05, 4.69) is 4.74 Å². The van der Waals surface area contributed by atoms with Crippen molar-refractivity contribution in [1.82, 2.24) is 0 Å². The number of benzene rings is 1. The number of carbonyl (C=O) groups excluding carboxylic acids is 2. The van der Waals surface area contributed by atoms with Gasteiger partial charge in [0.15, 0.2) is 5.78 Å². The first-order valence-corrected chi connectivity index (χ1v) is 5.61. The predicted octanol–water partition coefficient (Wildman–Crippen LogP) is 2.00. The molecule has 1 aromatic rings. The number of fused-ring (bicyclic) bond motifs is 1. The molecule has 4 heteroatoms. The van der Waals surface area contributed by atoms with Gasteiger partial charge in [-0.05, 0) is 19.1 Å². The summed E-state index contributed by atoms with van der Waals surface area (Å²) < 4.78 is 10.1. The van der Waals surface area contributed by atoms with Gasteiger partial charge in [0.25, 0.3) is 0 Å². The number of ether oxygens (including phenoxy) is 2. The first-order chi connectivity index (χ1) is 8.57. The van der Waals surface area contributed by atoms with E-state index >= 15 is 0 Å². The summed E-state index contributed by atoms with van der Waals surface area (Å²) >= 11 is 0. The monoisotopic (exact) mass is 246 g/mol. The molecule has 0 aromatic heterocycles. The zero-order valence-corrected chi connectivity index (χ0v) is 10.3. The molecule has 1 atom stereocenters. The number of esters is 1. The molecule has 4 nitrogen and oxygen atoms in total. The second-order valence-corrected chi connectivity index (χ2v) is 4.39. The third-order valence-corrected chi connectivity index (χ3v) is 2.97. The lowest BCUT2D eigenvalue weighted by Gasteiger charge is -2.30. The maximum Gasteiger partial charge on any atom is 0.330 e. The summed E-state index contributed by atoms with van der Waals surface area (Å²) in [7, 11) is 1.30. The van der Waals surface area contributed by atoms with Crippen LogP contribution in [-0.2, 0) is 9.53 Å². The van der Waals surface area contributed by atoms with Crippen molar-refractivity contribution >= 4 is 11.8 Å². The van der Waals surface area contributed by atoms with Crippen molar-refractivity contribution in [3.8, 4) is 5.75 Å². The summed E-state index contributed by atoms with van der Waals surface area (Å²) in [6, 6.07) is 7.09. The average molecular weight is 246 g/mol. The van der Waals surface area contributed by atoms with Crippen LogP contribution in [0.4, 0.5) is 0 Å². The van der Waals surface area contributed by atoms with E-state index in [1.54, 1.807) is 25.1 Å². The van der Waals surface area contributed by atoms with Crippen LogP contribution in [0.25, 0.3) is 0 Å². The van der Waals surface area contributed by atoms with Crippen LogP contribution in [0.1, 0.15) is 17.3 Å². The molecule has 0 radical (unpaired) electrons. The first-order valence-electron chi connectivity index (χ1n) is 5.61. The Morgan fingerprint density at radius 1 is 1.44 bits per heavy atom. The highest BCUT2D eigenvalue weighted by Crippen LogP contribution is 2.35. The van der Waals surface area contributed by atoms with E-state index < -0.39 is 11.4 Å². The van der Waals surface area contributed by atoms with Crippen molar-refractivity contribution in [2.75, 3.05) is 13.7 Å². The van der Waals surface area contributed by atoms with E-state index in [9.17, 15) is 9.59 Å². The third-order valence-electron chi connectivity index (χ3n) is 2.97. The van der Waals surface area contributed by atoms with E-state index in [1.807, 2.05) is 6.07 Å². The van der Waals surface area contributed by atoms with Crippen LogP contribution < -0.4 is 4.74 Å². The maximum absolute atomic E-state index is 12.4. The molecular formula is C14H14O4. The second kappa shape index (κ2) is 4.64. The Hall–Kier alpha value is -2.10. The molecule has 18 heavy (non-hydrogen) atoms. The summed E-state index contributed by atoms with van der Waals surface area (Å²) in [5, 5.41) is 0. The number of Topliss-reactive ketones (excluding diaryl/α,β-unsaturated/α-hetero) is 1. The SMILES string of the molecule is COC(=O)/C=C/C1(C)COc2ccccc2C1=O. The minimum absolute atomic E-state index is 0.0514. The van der Waals surface area contributed by atoms with Crippen LogP contribution in [0.2, 0.25) is 0 Å². The van der Waals surface area contributed by atoms with Gasteiger partial charge in [-0.3, -0.25) is 4.79 Å². The van der Waals surface area contributed by atoms with E-state index in [4.69, 9.17) is 4.74 Å². The fraction of sp³-hybridized carbons (Fsp3) is 0.286. The van der Waals surface area contributed by atoms with Crippen molar-refractivity contribution in [3.05, 3.63) is 42.0 Å². The Morgan fingerprint density at radius 2 is 2.17 bits per heavy atom. The van der Waals surface area contributed by atoms with Crippen molar-refractivity contribution in [2.45, 2.75) is 6.92 Å². The zero-order chi connectivity index (χ0) is 13.2. The fourth-order valence-corrected chi connectivity index (χ4v) is 1.82. The molecule has 0 aliphatic carbocycles. The van der Waals surface area contributed by atoms with E-state index in [0.29, 0.717) is 11.3 Å².